The number of anilines is 2. The van der Waals surface area contributed by atoms with Crippen LogP contribution in [-0.2, 0) is 15.9 Å². The highest BCUT2D eigenvalue weighted by molar-refractivity contribution is 7.13. The number of rotatable bonds is 9. The summed E-state index contributed by atoms with van der Waals surface area (Å²) in [7, 11) is 3.51. The number of thiazole rings is 1. The highest BCUT2D eigenvalue weighted by Gasteiger charge is 2.21. The fraction of sp³-hybridized carbons (Fsp3) is 0.455. The van der Waals surface area contributed by atoms with Crippen molar-refractivity contribution in [2.75, 3.05) is 50.7 Å². The van der Waals surface area contributed by atoms with E-state index in [1.54, 1.807) is 30.7 Å². The molecule has 2 amide bonds. The molecule has 32 heavy (non-hydrogen) atoms. The Bertz CT molecular complexity index is 981. The van der Waals surface area contributed by atoms with E-state index in [0.717, 1.165) is 12.8 Å². The SMILES string of the molecule is COCCN(C)c1nc(C(=O)Nc2cc(CC#N)ccc2C(=O)NC2CCOCC2)cs1. The van der Waals surface area contributed by atoms with Gasteiger partial charge in [0.05, 0.1) is 30.3 Å². The second-order valence-corrected chi connectivity index (χ2v) is 8.30. The number of likely N-dealkylation sites (N-methyl/N-ethyl adjacent to an activating group) is 1. The first kappa shape index (κ1) is 23.7. The van der Waals surface area contributed by atoms with Gasteiger partial charge in [-0.2, -0.15) is 5.26 Å². The van der Waals surface area contributed by atoms with Crippen molar-refractivity contribution in [3.8, 4) is 6.07 Å². The Balaban J connectivity index is 1.77. The number of amides is 2. The molecule has 1 aliphatic heterocycles. The van der Waals surface area contributed by atoms with Gasteiger partial charge in [-0.1, -0.05) is 6.07 Å². The zero-order valence-corrected chi connectivity index (χ0v) is 19.0. The first-order chi connectivity index (χ1) is 15.5. The number of ether oxygens (including phenoxy) is 2. The van der Waals surface area contributed by atoms with E-state index >= 15 is 0 Å². The second kappa shape index (κ2) is 11.6. The van der Waals surface area contributed by atoms with Crippen molar-refractivity contribution in [3.63, 3.8) is 0 Å². The maximum Gasteiger partial charge on any atom is 0.275 e. The number of hydrogen-bond acceptors (Lipinski definition) is 8. The molecule has 0 spiro atoms. The predicted octanol–water partition coefficient (Wildman–Crippen LogP) is 2.45. The number of nitrogens with one attached hydrogen (secondary N) is 2. The zero-order valence-electron chi connectivity index (χ0n) is 18.2. The Kier molecular flexibility index (Phi) is 8.56. The van der Waals surface area contributed by atoms with E-state index < -0.39 is 5.91 Å². The van der Waals surface area contributed by atoms with Gasteiger partial charge in [-0.05, 0) is 30.5 Å². The van der Waals surface area contributed by atoms with Gasteiger partial charge in [0, 0.05) is 45.3 Å². The number of methoxy groups -OCH3 is 1. The van der Waals surface area contributed by atoms with Gasteiger partial charge in [0.2, 0.25) is 0 Å². The van der Waals surface area contributed by atoms with Crippen molar-refractivity contribution < 1.29 is 19.1 Å². The number of nitriles is 1. The number of aromatic nitrogens is 1. The van der Waals surface area contributed by atoms with Crippen molar-refractivity contribution >= 4 is 34.0 Å². The van der Waals surface area contributed by atoms with E-state index in [-0.39, 0.29) is 24.1 Å². The molecule has 10 heteroatoms. The second-order valence-electron chi connectivity index (χ2n) is 7.46. The summed E-state index contributed by atoms with van der Waals surface area (Å²) in [6.07, 6.45) is 1.67. The van der Waals surface area contributed by atoms with E-state index in [2.05, 4.69) is 21.7 Å². The Morgan fingerprint density at radius 2 is 2.12 bits per heavy atom. The molecule has 2 N–H and O–H groups in total. The molecule has 1 aromatic carbocycles. The standard InChI is InChI=1S/C22H27N5O4S/c1-27(9-12-30-2)22-26-19(14-32-22)21(29)25-18-13-15(5-8-23)3-4-17(18)20(28)24-16-6-10-31-11-7-16/h3-4,13-14,16H,5-7,9-12H2,1-2H3,(H,24,28)(H,25,29). The van der Waals surface area contributed by atoms with E-state index in [1.807, 2.05) is 11.9 Å². The third-order valence-electron chi connectivity index (χ3n) is 5.10. The van der Waals surface area contributed by atoms with Crippen LogP contribution in [0.4, 0.5) is 10.8 Å². The Morgan fingerprint density at radius 3 is 2.84 bits per heavy atom. The molecule has 0 saturated carbocycles. The smallest absolute Gasteiger partial charge is 0.275 e. The number of carbonyl (C=O) groups is 2. The molecule has 3 rings (SSSR count). The monoisotopic (exact) mass is 457 g/mol. The van der Waals surface area contributed by atoms with E-state index in [0.29, 0.717) is 48.3 Å². The largest absolute Gasteiger partial charge is 0.383 e. The minimum atomic E-state index is -0.415. The quantitative estimate of drug-likeness (QED) is 0.594. The zero-order chi connectivity index (χ0) is 22.9. The summed E-state index contributed by atoms with van der Waals surface area (Å²) < 4.78 is 10.4. The van der Waals surface area contributed by atoms with Gasteiger partial charge in [0.1, 0.15) is 5.69 Å². The Morgan fingerprint density at radius 1 is 1.34 bits per heavy atom. The van der Waals surface area contributed by atoms with Crippen LogP contribution in [0.2, 0.25) is 0 Å². The van der Waals surface area contributed by atoms with Gasteiger partial charge in [-0.3, -0.25) is 9.59 Å². The first-order valence-electron chi connectivity index (χ1n) is 10.4. The lowest BCUT2D eigenvalue weighted by atomic mass is 10.0. The van der Waals surface area contributed by atoms with E-state index in [1.165, 1.54) is 11.3 Å². The van der Waals surface area contributed by atoms with E-state index in [4.69, 9.17) is 14.7 Å². The maximum atomic E-state index is 12.9. The van der Waals surface area contributed by atoms with Crippen LogP contribution < -0.4 is 15.5 Å². The summed E-state index contributed by atoms with van der Waals surface area (Å²) in [6, 6.07) is 7.15. The summed E-state index contributed by atoms with van der Waals surface area (Å²) in [5, 5.41) is 17.2. The highest BCUT2D eigenvalue weighted by Crippen LogP contribution is 2.23. The summed E-state index contributed by atoms with van der Waals surface area (Å²) in [4.78, 5) is 32.1. The fourth-order valence-electron chi connectivity index (χ4n) is 3.25. The van der Waals surface area contributed by atoms with Crippen LogP contribution in [0.1, 0.15) is 39.3 Å². The van der Waals surface area contributed by atoms with Crippen molar-refractivity contribution in [3.05, 3.63) is 40.4 Å². The molecule has 1 aliphatic rings. The molecule has 0 atom stereocenters. The molecule has 2 aromatic rings. The lowest BCUT2D eigenvalue weighted by Crippen LogP contribution is -2.39. The third kappa shape index (κ3) is 6.26. The minimum absolute atomic E-state index is 0.0299. The normalized spacial score (nSPS) is 13.9. The van der Waals surface area contributed by atoms with Crippen LogP contribution in [0.5, 0.6) is 0 Å². The average molecular weight is 458 g/mol. The maximum absolute atomic E-state index is 12.9. The third-order valence-corrected chi connectivity index (χ3v) is 6.05. The molecule has 0 aliphatic carbocycles. The highest BCUT2D eigenvalue weighted by atomic mass is 32.1. The van der Waals surface area contributed by atoms with Gasteiger partial charge in [-0.15, -0.1) is 11.3 Å². The van der Waals surface area contributed by atoms with Gasteiger partial charge in [-0.25, -0.2) is 4.98 Å². The lowest BCUT2D eigenvalue weighted by Gasteiger charge is -2.23. The minimum Gasteiger partial charge on any atom is -0.383 e. The van der Waals surface area contributed by atoms with Crippen molar-refractivity contribution in [1.82, 2.24) is 10.3 Å². The Labute approximate surface area is 191 Å². The summed E-state index contributed by atoms with van der Waals surface area (Å²) >= 11 is 1.36. The lowest BCUT2D eigenvalue weighted by molar-refractivity contribution is 0.0697. The number of carbonyl (C=O) groups excluding carboxylic acids is 2. The summed E-state index contributed by atoms with van der Waals surface area (Å²) in [6.45, 7) is 2.42. The molecular weight excluding hydrogens is 430 g/mol. The number of hydrogen-bond donors (Lipinski definition) is 2. The molecule has 9 nitrogen and oxygen atoms in total. The van der Waals surface area contributed by atoms with Gasteiger partial charge in [0.15, 0.2) is 5.13 Å². The predicted molar refractivity (Wildman–Crippen MR) is 122 cm³/mol. The average Bonchev–Trinajstić information content (AvgIpc) is 3.29. The van der Waals surface area contributed by atoms with Gasteiger partial charge in [0.25, 0.3) is 11.8 Å². The molecular formula is C22H27N5O4S. The topological polar surface area (TPSA) is 117 Å². The molecule has 2 heterocycles. The van der Waals surface area contributed by atoms with Crippen molar-refractivity contribution in [2.45, 2.75) is 25.3 Å². The summed E-state index contributed by atoms with van der Waals surface area (Å²) in [5.74, 6) is -0.684. The van der Waals surface area contributed by atoms with Crippen molar-refractivity contribution in [2.24, 2.45) is 0 Å². The van der Waals surface area contributed by atoms with Crippen LogP contribution in [0.25, 0.3) is 0 Å². The molecule has 1 fully saturated rings. The molecule has 0 bridgehead atoms. The van der Waals surface area contributed by atoms with Crippen LogP contribution in [0, 0.1) is 11.3 Å². The van der Waals surface area contributed by atoms with Crippen LogP contribution in [-0.4, -0.2) is 63.4 Å². The Hall–Kier alpha value is -3.00. The van der Waals surface area contributed by atoms with Gasteiger partial charge >= 0.3 is 0 Å². The molecule has 170 valence electrons. The van der Waals surface area contributed by atoms with Crippen molar-refractivity contribution in [1.29, 1.82) is 5.26 Å². The first-order valence-corrected chi connectivity index (χ1v) is 11.2. The van der Waals surface area contributed by atoms with Crippen LogP contribution in [0.15, 0.2) is 23.6 Å². The molecule has 1 aromatic heterocycles. The fourth-order valence-corrected chi connectivity index (χ4v) is 4.05. The van der Waals surface area contributed by atoms with Gasteiger partial charge < -0.3 is 25.0 Å². The van der Waals surface area contributed by atoms with Crippen LogP contribution in [0.3, 0.4) is 0 Å². The van der Waals surface area contributed by atoms with E-state index in [9.17, 15) is 9.59 Å². The molecule has 0 unspecified atom stereocenters. The van der Waals surface area contributed by atoms with Crippen LogP contribution >= 0.6 is 11.3 Å². The summed E-state index contributed by atoms with van der Waals surface area (Å²) in [5.41, 5.74) is 1.67. The molecule has 1 saturated heterocycles. The number of nitrogens with zero attached hydrogens (tertiary/aromatic N) is 3. The number of benzene rings is 1. The molecule has 0 radical (unpaired) electrons.